The first-order valence-electron chi connectivity index (χ1n) is 12.7. The van der Waals surface area contributed by atoms with E-state index in [0.29, 0.717) is 11.3 Å². The van der Waals surface area contributed by atoms with E-state index in [2.05, 4.69) is 36.8 Å². The number of ether oxygens (including phenoxy) is 2. The molecule has 3 aromatic rings. The number of rotatable bonds is 16. The van der Waals surface area contributed by atoms with Gasteiger partial charge in [0, 0.05) is 29.9 Å². The molecule has 0 radical (unpaired) electrons. The molecule has 0 unspecified atom stereocenters. The Morgan fingerprint density at radius 1 is 0.943 bits per heavy atom. The van der Waals surface area contributed by atoms with E-state index in [1.165, 1.54) is 30.4 Å². The highest BCUT2D eigenvalue weighted by Gasteiger charge is 2.27. The smallest absolute Gasteiger partial charge is 0.293 e. The van der Waals surface area contributed by atoms with Gasteiger partial charge < -0.3 is 13.9 Å². The number of benzene rings is 2. The Morgan fingerprint density at radius 2 is 1.74 bits per heavy atom. The molecule has 1 heterocycles. The molecule has 0 aliphatic rings. The van der Waals surface area contributed by atoms with Gasteiger partial charge in [0.1, 0.15) is 17.1 Å². The third kappa shape index (κ3) is 8.08. The van der Waals surface area contributed by atoms with Crippen LogP contribution in [0.3, 0.4) is 0 Å². The number of hydrogen-bond acceptors (Lipinski definition) is 4. The summed E-state index contributed by atoms with van der Waals surface area (Å²) in [6.07, 6.45) is 5.50. The largest absolute Gasteiger partial charge is 0.493 e. The minimum Gasteiger partial charge on any atom is -0.493 e. The van der Waals surface area contributed by atoms with Crippen LogP contribution in [0.4, 0.5) is 8.78 Å². The number of halogens is 2. The maximum Gasteiger partial charge on any atom is 0.293 e. The minimum absolute atomic E-state index is 0.0175. The number of hydrogen-bond donors (Lipinski definition) is 0. The van der Waals surface area contributed by atoms with Gasteiger partial charge in [-0.25, -0.2) is 8.78 Å². The van der Waals surface area contributed by atoms with Gasteiger partial charge in [0.15, 0.2) is 0 Å². The van der Waals surface area contributed by atoms with Crippen LogP contribution in [-0.2, 0) is 22.4 Å². The Balaban J connectivity index is 1.59. The molecule has 0 aliphatic carbocycles. The zero-order valence-corrected chi connectivity index (χ0v) is 20.8. The van der Waals surface area contributed by atoms with E-state index in [4.69, 9.17) is 9.15 Å². The molecule has 6 heteroatoms. The first-order chi connectivity index (χ1) is 17.0. The third-order valence-electron chi connectivity index (χ3n) is 6.20. The molecule has 0 saturated heterocycles. The van der Waals surface area contributed by atoms with Gasteiger partial charge in [-0.05, 0) is 61.4 Å². The molecule has 2 aromatic carbocycles. The number of fused-ring (bicyclic) bond motifs is 1. The molecule has 190 valence electrons. The Kier molecular flexibility index (Phi) is 10.1. The maximum atomic E-state index is 13.9. The fourth-order valence-corrected chi connectivity index (χ4v) is 4.26. The summed E-state index contributed by atoms with van der Waals surface area (Å²) in [5, 5.41) is 0.977. The predicted molar refractivity (Wildman–Crippen MR) is 135 cm³/mol. The zero-order chi connectivity index (χ0) is 25.1. The normalized spacial score (nSPS) is 11.7. The molecule has 0 bridgehead atoms. The van der Waals surface area contributed by atoms with Crippen LogP contribution in [0.5, 0.6) is 5.75 Å². The summed E-state index contributed by atoms with van der Waals surface area (Å²) in [6, 6.07) is 14.3. The van der Waals surface area contributed by atoms with Gasteiger partial charge in [0.2, 0.25) is 5.92 Å². The van der Waals surface area contributed by atoms with E-state index in [0.717, 1.165) is 29.6 Å². The number of aryl methyl sites for hydroxylation is 2. The second kappa shape index (κ2) is 13.3. The Labute approximate surface area is 206 Å². The molecular weight excluding hydrogens is 450 g/mol. The molecule has 1 aromatic heterocycles. The first kappa shape index (κ1) is 26.7. The van der Waals surface area contributed by atoms with Crippen molar-refractivity contribution in [2.45, 2.75) is 77.6 Å². The molecule has 0 atom stereocenters. The van der Waals surface area contributed by atoms with E-state index in [1.54, 1.807) is 0 Å². The fourth-order valence-electron chi connectivity index (χ4n) is 4.26. The molecule has 0 fully saturated rings. The highest BCUT2D eigenvalue weighted by molar-refractivity contribution is 5.84. The van der Waals surface area contributed by atoms with Crippen molar-refractivity contribution in [2.24, 2.45) is 0 Å². The molecule has 0 spiro atoms. The van der Waals surface area contributed by atoms with Crippen LogP contribution < -0.4 is 4.74 Å². The summed E-state index contributed by atoms with van der Waals surface area (Å²) in [5.41, 5.74) is 4.46. The summed E-state index contributed by atoms with van der Waals surface area (Å²) in [7, 11) is 0. The lowest BCUT2D eigenvalue weighted by atomic mass is 9.97. The van der Waals surface area contributed by atoms with Gasteiger partial charge in [0.25, 0.3) is 6.47 Å². The summed E-state index contributed by atoms with van der Waals surface area (Å²) >= 11 is 0. The fraction of sp³-hybridized carbons (Fsp3) is 0.483. The highest BCUT2D eigenvalue weighted by atomic mass is 19.3. The van der Waals surface area contributed by atoms with Crippen LogP contribution in [0.25, 0.3) is 22.3 Å². The summed E-state index contributed by atoms with van der Waals surface area (Å²) in [6.45, 7) is 4.86. The van der Waals surface area contributed by atoms with Crippen LogP contribution in [0.2, 0.25) is 0 Å². The van der Waals surface area contributed by atoms with Gasteiger partial charge in [0.05, 0.1) is 13.2 Å². The van der Waals surface area contributed by atoms with Gasteiger partial charge in [-0.15, -0.1) is 0 Å². The van der Waals surface area contributed by atoms with Crippen LogP contribution in [0.1, 0.15) is 69.9 Å². The average molecular weight is 487 g/mol. The standard InChI is InChI=1S/C29H36F2O4/c1-3-5-6-9-22-10-13-26(23(4-2)18-22)28-19-24-11-12-25(20-27(24)35-28)34-17-8-15-29(30,31)14-7-16-33-21-32/h10-13,18-21H,3-9,14-17H2,1-2H3. The van der Waals surface area contributed by atoms with Gasteiger partial charge >= 0.3 is 0 Å². The predicted octanol–water partition coefficient (Wildman–Crippen LogP) is 8.14. The second-order valence-electron chi connectivity index (χ2n) is 8.99. The van der Waals surface area contributed by atoms with Crippen molar-refractivity contribution < 1.29 is 27.5 Å². The van der Waals surface area contributed by atoms with Gasteiger partial charge in [-0.1, -0.05) is 44.9 Å². The topological polar surface area (TPSA) is 48.7 Å². The van der Waals surface area contributed by atoms with Gasteiger partial charge in [-0.2, -0.15) is 0 Å². The van der Waals surface area contributed by atoms with Crippen molar-refractivity contribution in [3.8, 4) is 17.1 Å². The van der Waals surface area contributed by atoms with Crippen LogP contribution in [0, 0.1) is 0 Å². The van der Waals surface area contributed by atoms with E-state index in [-0.39, 0.29) is 45.4 Å². The van der Waals surface area contributed by atoms with Crippen molar-refractivity contribution >= 4 is 17.4 Å². The number of unbranched alkanes of at least 4 members (excludes halogenated alkanes) is 2. The van der Waals surface area contributed by atoms with Crippen LogP contribution >= 0.6 is 0 Å². The first-order valence-corrected chi connectivity index (χ1v) is 12.7. The SMILES string of the molecule is CCCCCc1ccc(-c2cc3ccc(OCCCC(F)(F)CCCOC=O)cc3o2)c(CC)c1. The number of alkyl halides is 2. The summed E-state index contributed by atoms with van der Waals surface area (Å²) in [4.78, 5) is 10.1. The van der Waals surface area contributed by atoms with Crippen LogP contribution in [-0.4, -0.2) is 25.6 Å². The van der Waals surface area contributed by atoms with E-state index in [9.17, 15) is 13.6 Å². The molecule has 3 rings (SSSR count). The molecule has 35 heavy (non-hydrogen) atoms. The van der Waals surface area contributed by atoms with Crippen LogP contribution in [0.15, 0.2) is 46.9 Å². The highest BCUT2D eigenvalue weighted by Crippen LogP contribution is 2.33. The Hall–Kier alpha value is -2.89. The monoisotopic (exact) mass is 486 g/mol. The molecular formula is C29H36F2O4. The quantitative estimate of drug-likeness (QED) is 0.151. The van der Waals surface area contributed by atoms with Crippen molar-refractivity contribution in [3.05, 3.63) is 53.6 Å². The zero-order valence-electron chi connectivity index (χ0n) is 20.8. The lowest BCUT2D eigenvalue weighted by Gasteiger charge is -2.16. The number of furan rings is 1. The third-order valence-corrected chi connectivity index (χ3v) is 6.20. The van der Waals surface area contributed by atoms with Gasteiger partial charge in [-0.3, -0.25) is 4.79 Å². The lowest BCUT2D eigenvalue weighted by molar-refractivity contribution is -0.129. The summed E-state index contributed by atoms with van der Waals surface area (Å²) in [5.74, 6) is -1.37. The maximum absolute atomic E-state index is 13.9. The number of carbonyl (C=O) groups excluding carboxylic acids is 1. The molecule has 0 amide bonds. The van der Waals surface area contributed by atoms with Crippen molar-refractivity contribution in [1.29, 1.82) is 0 Å². The molecule has 0 aliphatic heterocycles. The summed E-state index contributed by atoms with van der Waals surface area (Å²) < 4.78 is 44.1. The van der Waals surface area contributed by atoms with E-state index >= 15 is 0 Å². The minimum atomic E-state index is -2.79. The van der Waals surface area contributed by atoms with Crippen molar-refractivity contribution in [2.75, 3.05) is 13.2 Å². The number of carbonyl (C=O) groups is 1. The van der Waals surface area contributed by atoms with Crippen molar-refractivity contribution in [3.63, 3.8) is 0 Å². The van der Waals surface area contributed by atoms with E-state index < -0.39 is 5.92 Å². The Morgan fingerprint density at radius 3 is 2.49 bits per heavy atom. The molecule has 0 saturated carbocycles. The van der Waals surface area contributed by atoms with E-state index in [1.807, 2.05) is 24.3 Å². The molecule has 0 N–H and O–H groups in total. The average Bonchev–Trinajstić information content (AvgIpc) is 3.28. The van der Waals surface area contributed by atoms with Crippen molar-refractivity contribution in [1.82, 2.24) is 0 Å². The lowest BCUT2D eigenvalue weighted by Crippen LogP contribution is -2.18. The molecule has 4 nitrogen and oxygen atoms in total. The second-order valence-corrected chi connectivity index (χ2v) is 8.99. The Bertz CT molecular complexity index is 1070.